The van der Waals surface area contributed by atoms with Crippen LogP contribution in [0, 0.1) is 0 Å². The van der Waals surface area contributed by atoms with Gasteiger partial charge in [0.2, 0.25) is 17.5 Å². The van der Waals surface area contributed by atoms with Crippen molar-refractivity contribution in [2.45, 2.75) is 32.2 Å². The van der Waals surface area contributed by atoms with Crippen molar-refractivity contribution in [1.82, 2.24) is 15.0 Å². The summed E-state index contributed by atoms with van der Waals surface area (Å²) in [5.41, 5.74) is 0.714. The number of rotatable bonds is 6. The third-order valence-corrected chi connectivity index (χ3v) is 4.47. The van der Waals surface area contributed by atoms with E-state index in [1.807, 2.05) is 12.1 Å². The fourth-order valence-corrected chi connectivity index (χ4v) is 3.19. The number of benzene rings is 1. The maximum Gasteiger partial charge on any atom is 0.241 e. The van der Waals surface area contributed by atoms with E-state index in [-0.39, 0.29) is 0 Å². The number of hydrogen-bond donors (Lipinski definition) is 0. The molecule has 1 aliphatic heterocycles. The lowest BCUT2D eigenvalue weighted by Gasteiger charge is -2.16. The first-order valence-electron chi connectivity index (χ1n) is 8.61. The van der Waals surface area contributed by atoms with Gasteiger partial charge in [0, 0.05) is 0 Å². The number of aromatic nitrogens is 2. The minimum absolute atomic E-state index is 0.489. The molecule has 25 heavy (non-hydrogen) atoms. The Kier molecular flexibility index (Phi) is 5.75. The Hall–Kier alpha value is -2.28. The summed E-state index contributed by atoms with van der Waals surface area (Å²) in [6.45, 7) is 2.84. The van der Waals surface area contributed by atoms with E-state index in [0.717, 1.165) is 13.1 Å². The minimum Gasteiger partial charge on any atom is -0.493 e. The molecule has 0 N–H and O–H groups in total. The summed E-state index contributed by atoms with van der Waals surface area (Å²) in [7, 11) is 4.74. The van der Waals surface area contributed by atoms with Crippen LogP contribution in [0.4, 0.5) is 0 Å². The topological polar surface area (TPSA) is 69.9 Å². The Morgan fingerprint density at radius 3 is 2.32 bits per heavy atom. The summed E-state index contributed by atoms with van der Waals surface area (Å²) in [5.74, 6) is 2.75. The zero-order valence-corrected chi connectivity index (χ0v) is 15.1. The highest BCUT2D eigenvalue weighted by atomic mass is 16.5. The van der Waals surface area contributed by atoms with Gasteiger partial charge in [0.1, 0.15) is 0 Å². The molecule has 7 heteroatoms. The Labute approximate surface area is 147 Å². The number of nitrogens with zero attached hydrogens (tertiary/aromatic N) is 3. The maximum atomic E-state index is 5.50. The van der Waals surface area contributed by atoms with E-state index in [4.69, 9.17) is 18.7 Å². The maximum absolute atomic E-state index is 5.50. The van der Waals surface area contributed by atoms with Crippen molar-refractivity contribution in [3.05, 3.63) is 18.0 Å². The number of methoxy groups -OCH3 is 3. The van der Waals surface area contributed by atoms with Crippen molar-refractivity contribution in [3.63, 3.8) is 0 Å². The van der Waals surface area contributed by atoms with Crippen molar-refractivity contribution < 1.29 is 18.7 Å². The molecule has 0 aliphatic carbocycles. The van der Waals surface area contributed by atoms with Crippen LogP contribution in [0.2, 0.25) is 0 Å². The quantitative estimate of drug-likeness (QED) is 0.795. The van der Waals surface area contributed by atoms with E-state index in [2.05, 4.69) is 15.0 Å². The zero-order valence-electron chi connectivity index (χ0n) is 15.1. The minimum atomic E-state index is 0.489. The lowest BCUT2D eigenvalue weighted by atomic mass is 10.1. The molecule has 0 bridgehead atoms. The molecule has 0 atom stereocenters. The van der Waals surface area contributed by atoms with Gasteiger partial charge in [-0.3, -0.25) is 4.90 Å². The van der Waals surface area contributed by atoms with Gasteiger partial charge in [-0.25, -0.2) is 0 Å². The molecule has 1 fully saturated rings. The first-order valence-corrected chi connectivity index (χ1v) is 8.61. The summed E-state index contributed by atoms with van der Waals surface area (Å²) in [4.78, 5) is 6.92. The van der Waals surface area contributed by atoms with Gasteiger partial charge >= 0.3 is 0 Å². The second-order valence-corrected chi connectivity index (χ2v) is 6.08. The molecule has 0 spiro atoms. The molecule has 2 heterocycles. The standard InChI is InChI=1S/C18H25N3O4/c1-22-14-9-8-13(16(23-2)17(14)24-3)18-19-15(25-20-18)12-21-10-6-4-5-7-11-21/h8-9H,4-7,10-12H2,1-3H3. The van der Waals surface area contributed by atoms with E-state index < -0.39 is 0 Å². The predicted octanol–water partition coefficient (Wildman–Crippen LogP) is 3.14. The average molecular weight is 347 g/mol. The molecule has 1 aromatic carbocycles. The largest absolute Gasteiger partial charge is 0.493 e. The fourth-order valence-electron chi connectivity index (χ4n) is 3.19. The monoisotopic (exact) mass is 347 g/mol. The normalized spacial score (nSPS) is 15.6. The summed E-state index contributed by atoms with van der Waals surface area (Å²) in [5, 5.41) is 4.13. The zero-order chi connectivity index (χ0) is 17.6. The van der Waals surface area contributed by atoms with Crippen LogP contribution in [0.5, 0.6) is 17.2 Å². The van der Waals surface area contributed by atoms with Gasteiger partial charge in [-0.1, -0.05) is 18.0 Å². The molecular formula is C18H25N3O4. The van der Waals surface area contributed by atoms with Crippen molar-refractivity contribution >= 4 is 0 Å². The average Bonchev–Trinajstić information content (AvgIpc) is 2.95. The third kappa shape index (κ3) is 3.87. The van der Waals surface area contributed by atoms with Crippen LogP contribution in [0.15, 0.2) is 16.7 Å². The highest BCUT2D eigenvalue weighted by molar-refractivity contribution is 5.71. The molecule has 1 aliphatic rings. The summed E-state index contributed by atoms with van der Waals surface area (Å²) >= 11 is 0. The molecule has 0 amide bonds. The third-order valence-electron chi connectivity index (χ3n) is 4.47. The summed E-state index contributed by atoms with van der Waals surface area (Å²) in [6, 6.07) is 3.66. The molecule has 0 radical (unpaired) electrons. The second-order valence-electron chi connectivity index (χ2n) is 6.08. The Balaban J connectivity index is 1.84. The lowest BCUT2D eigenvalue weighted by Crippen LogP contribution is -2.24. The molecule has 136 valence electrons. The van der Waals surface area contributed by atoms with Crippen LogP contribution < -0.4 is 14.2 Å². The number of ether oxygens (including phenoxy) is 3. The number of likely N-dealkylation sites (tertiary alicyclic amines) is 1. The van der Waals surface area contributed by atoms with E-state index in [9.17, 15) is 0 Å². The SMILES string of the molecule is COc1ccc(-c2noc(CN3CCCCCC3)n2)c(OC)c1OC. The van der Waals surface area contributed by atoms with Crippen molar-refractivity contribution in [2.24, 2.45) is 0 Å². The number of hydrogen-bond acceptors (Lipinski definition) is 7. The first kappa shape index (κ1) is 17.5. The molecule has 1 aromatic heterocycles. The predicted molar refractivity (Wildman–Crippen MR) is 93.1 cm³/mol. The summed E-state index contributed by atoms with van der Waals surface area (Å²) < 4.78 is 21.7. The van der Waals surface area contributed by atoms with Crippen LogP contribution in [0.1, 0.15) is 31.6 Å². The second kappa shape index (κ2) is 8.20. The van der Waals surface area contributed by atoms with Crippen LogP contribution in [-0.2, 0) is 6.54 Å². The molecule has 3 rings (SSSR count). The van der Waals surface area contributed by atoms with Crippen LogP contribution >= 0.6 is 0 Å². The smallest absolute Gasteiger partial charge is 0.241 e. The molecule has 0 saturated carbocycles. The van der Waals surface area contributed by atoms with Gasteiger partial charge in [0.25, 0.3) is 0 Å². The van der Waals surface area contributed by atoms with E-state index >= 15 is 0 Å². The van der Waals surface area contributed by atoms with E-state index in [1.54, 1.807) is 21.3 Å². The van der Waals surface area contributed by atoms with Crippen LogP contribution in [0.25, 0.3) is 11.4 Å². The Bertz CT molecular complexity index is 694. The van der Waals surface area contributed by atoms with E-state index in [0.29, 0.717) is 41.1 Å². The van der Waals surface area contributed by atoms with Gasteiger partial charge < -0.3 is 18.7 Å². The fraction of sp³-hybridized carbons (Fsp3) is 0.556. The van der Waals surface area contributed by atoms with Gasteiger partial charge in [-0.05, 0) is 38.1 Å². The van der Waals surface area contributed by atoms with E-state index in [1.165, 1.54) is 25.7 Å². The van der Waals surface area contributed by atoms with Gasteiger partial charge in [0.15, 0.2) is 11.5 Å². The van der Waals surface area contributed by atoms with Crippen LogP contribution in [0.3, 0.4) is 0 Å². The van der Waals surface area contributed by atoms with Crippen LogP contribution in [-0.4, -0.2) is 49.5 Å². The Morgan fingerprint density at radius 2 is 1.68 bits per heavy atom. The van der Waals surface area contributed by atoms with Crippen molar-refractivity contribution in [3.8, 4) is 28.6 Å². The highest BCUT2D eigenvalue weighted by Gasteiger charge is 2.21. The molecule has 0 unspecified atom stereocenters. The van der Waals surface area contributed by atoms with Gasteiger partial charge in [-0.15, -0.1) is 0 Å². The van der Waals surface area contributed by atoms with Gasteiger partial charge in [-0.2, -0.15) is 4.98 Å². The van der Waals surface area contributed by atoms with Gasteiger partial charge in [0.05, 0.1) is 33.4 Å². The lowest BCUT2D eigenvalue weighted by molar-refractivity contribution is 0.234. The van der Waals surface area contributed by atoms with Crippen molar-refractivity contribution in [2.75, 3.05) is 34.4 Å². The van der Waals surface area contributed by atoms with Crippen molar-refractivity contribution in [1.29, 1.82) is 0 Å². The first-order chi connectivity index (χ1) is 12.3. The molecular weight excluding hydrogens is 322 g/mol. The molecule has 1 saturated heterocycles. The summed E-state index contributed by atoms with van der Waals surface area (Å²) in [6.07, 6.45) is 5.05. The molecule has 7 nitrogen and oxygen atoms in total. The molecule has 2 aromatic rings. The highest BCUT2D eigenvalue weighted by Crippen LogP contribution is 2.43. The Morgan fingerprint density at radius 1 is 0.960 bits per heavy atom.